The number of nitrogens with zero attached hydrogens (tertiary/aromatic N) is 4. The predicted molar refractivity (Wildman–Crippen MR) is 111 cm³/mol. The minimum Gasteiger partial charge on any atom is -0.454 e. The highest BCUT2D eigenvalue weighted by Gasteiger charge is 2.26. The number of carbonyl (C=O) groups is 1. The van der Waals surface area contributed by atoms with Gasteiger partial charge in [-0.15, -0.1) is 12.4 Å². The third kappa shape index (κ3) is 3.54. The molecule has 2 aliphatic rings. The number of aromatic nitrogens is 2. The Balaban J connectivity index is 0.00000218. The molecule has 5 rings (SSSR count). The molecule has 0 saturated carbocycles. The van der Waals surface area contributed by atoms with Gasteiger partial charge in [0.15, 0.2) is 11.5 Å². The summed E-state index contributed by atoms with van der Waals surface area (Å²) in [6.45, 7) is 2.51. The summed E-state index contributed by atoms with van der Waals surface area (Å²) in [7, 11) is 0. The van der Waals surface area contributed by atoms with Gasteiger partial charge in [0.1, 0.15) is 5.82 Å². The monoisotopic (exact) mass is 430 g/mol. The highest BCUT2D eigenvalue weighted by Crippen LogP contribution is 2.33. The summed E-state index contributed by atoms with van der Waals surface area (Å²) in [4.78, 5) is 21.2. The average Bonchev–Trinajstić information content (AvgIpc) is 3.42. The highest BCUT2D eigenvalue weighted by atomic mass is 35.5. The fourth-order valence-electron chi connectivity index (χ4n) is 3.69. The molecule has 0 aliphatic carbocycles. The first-order chi connectivity index (χ1) is 14.2. The van der Waals surface area contributed by atoms with Gasteiger partial charge in [-0.1, -0.05) is 12.1 Å². The van der Waals surface area contributed by atoms with Crippen LogP contribution in [0.15, 0.2) is 54.9 Å². The molecule has 0 unspecified atom stereocenters. The van der Waals surface area contributed by atoms with E-state index < -0.39 is 0 Å². The van der Waals surface area contributed by atoms with E-state index in [1.54, 1.807) is 53.4 Å². The molecule has 1 fully saturated rings. The van der Waals surface area contributed by atoms with Crippen LogP contribution >= 0.6 is 12.4 Å². The van der Waals surface area contributed by atoms with Crippen molar-refractivity contribution >= 4 is 24.3 Å². The molecule has 0 atom stereocenters. The van der Waals surface area contributed by atoms with E-state index in [9.17, 15) is 9.18 Å². The van der Waals surface area contributed by atoms with Gasteiger partial charge in [-0.05, 0) is 30.3 Å². The minimum atomic E-state index is -0.302. The molecule has 1 amide bonds. The van der Waals surface area contributed by atoms with E-state index >= 15 is 0 Å². The van der Waals surface area contributed by atoms with Gasteiger partial charge in [-0.25, -0.2) is 9.37 Å². The van der Waals surface area contributed by atoms with Gasteiger partial charge in [0, 0.05) is 44.1 Å². The summed E-state index contributed by atoms with van der Waals surface area (Å²) in [6, 6.07) is 11.9. The fourth-order valence-corrected chi connectivity index (χ4v) is 3.69. The Bertz CT molecular complexity index is 1070. The summed E-state index contributed by atoms with van der Waals surface area (Å²) in [5, 5.41) is 0. The van der Waals surface area contributed by atoms with Crippen LogP contribution in [0.1, 0.15) is 10.4 Å². The second-order valence-electron chi connectivity index (χ2n) is 6.90. The molecule has 0 spiro atoms. The van der Waals surface area contributed by atoms with Gasteiger partial charge in [0.2, 0.25) is 12.7 Å². The molecule has 0 radical (unpaired) electrons. The molecule has 3 aromatic rings. The highest BCUT2D eigenvalue weighted by molar-refractivity contribution is 5.95. The van der Waals surface area contributed by atoms with Gasteiger partial charge >= 0.3 is 0 Å². The molecule has 2 aliphatic heterocycles. The first kappa shape index (κ1) is 20.0. The van der Waals surface area contributed by atoms with Crippen molar-refractivity contribution in [2.75, 3.05) is 37.9 Å². The number of anilines is 1. The molecular formula is C21H20ClFN4O3. The maximum absolute atomic E-state index is 14.2. The number of fused-ring (bicyclic) bond motifs is 1. The van der Waals surface area contributed by atoms with Gasteiger partial charge in [-0.2, -0.15) is 0 Å². The summed E-state index contributed by atoms with van der Waals surface area (Å²) < 4.78 is 26.6. The number of hydrogen-bond acceptors (Lipinski definition) is 5. The molecule has 2 aromatic carbocycles. The van der Waals surface area contributed by atoms with Gasteiger partial charge in [0.25, 0.3) is 5.91 Å². The van der Waals surface area contributed by atoms with Crippen molar-refractivity contribution in [1.29, 1.82) is 0 Å². The van der Waals surface area contributed by atoms with Crippen LogP contribution in [-0.2, 0) is 0 Å². The van der Waals surface area contributed by atoms with Crippen molar-refractivity contribution in [3.63, 3.8) is 0 Å². The van der Waals surface area contributed by atoms with E-state index in [-0.39, 0.29) is 30.9 Å². The van der Waals surface area contributed by atoms with Crippen LogP contribution in [0.5, 0.6) is 11.5 Å². The SMILES string of the molecule is Cl.O=C(c1ccc2c(c1)OCO2)N1CCN(c2nccn2-c2ccccc2F)CC1. The first-order valence-electron chi connectivity index (χ1n) is 9.43. The Hall–Kier alpha value is -3.26. The van der Waals surface area contributed by atoms with Gasteiger partial charge in [0.05, 0.1) is 5.69 Å². The van der Waals surface area contributed by atoms with Crippen LogP contribution in [0.25, 0.3) is 5.69 Å². The second kappa shape index (κ2) is 8.23. The van der Waals surface area contributed by atoms with E-state index in [1.165, 1.54) is 6.07 Å². The third-order valence-electron chi connectivity index (χ3n) is 5.20. The number of benzene rings is 2. The number of hydrogen-bond donors (Lipinski definition) is 0. The lowest BCUT2D eigenvalue weighted by molar-refractivity contribution is 0.0745. The zero-order chi connectivity index (χ0) is 19.8. The van der Waals surface area contributed by atoms with Gasteiger partial charge in [-0.3, -0.25) is 9.36 Å². The van der Waals surface area contributed by atoms with E-state index in [4.69, 9.17) is 9.47 Å². The van der Waals surface area contributed by atoms with Crippen LogP contribution in [0.3, 0.4) is 0 Å². The van der Waals surface area contributed by atoms with Crippen molar-refractivity contribution in [3.05, 3.63) is 66.2 Å². The third-order valence-corrected chi connectivity index (χ3v) is 5.20. The van der Waals surface area contributed by atoms with Crippen LogP contribution in [0, 0.1) is 5.82 Å². The molecule has 1 aromatic heterocycles. The summed E-state index contributed by atoms with van der Waals surface area (Å²) in [5.74, 6) is 1.58. The largest absolute Gasteiger partial charge is 0.454 e. The molecule has 0 bridgehead atoms. The quantitative estimate of drug-likeness (QED) is 0.639. The lowest BCUT2D eigenvalue weighted by Crippen LogP contribution is -2.49. The van der Waals surface area contributed by atoms with E-state index in [0.29, 0.717) is 54.9 Å². The van der Waals surface area contributed by atoms with Crippen molar-refractivity contribution in [2.45, 2.75) is 0 Å². The first-order valence-corrected chi connectivity index (χ1v) is 9.43. The number of imidazole rings is 1. The summed E-state index contributed by atoms with van der Waals surface area (Å²) in [5.41, 5.74) is 1.04. The molecular weight excluding hydrogens is 411 g/mol. The maximum atomic E-state index is 14.2. The van der Waals surface area contributed by atoms with Gasteiger partial charge < -0.3 is 19.3 Å². The van der Waals surface area contributed by atoms with E-state index in [0.717, 1.165) is 0 Å². The lowest BCUT2D eigenvalue weighted by atomic mass is 10.1. The zero-order valence-corrected chi connectivity index (χ0v) is 16.8. The number of carbonyl (C=O) groups excluding carboxylic acids is 1. The van der Waals surface area contributed by atoms with Crippen molar-refractivity contribution in [2.24, 2.45) is 0 Å². The number of ether oxygens (including phenoxy) is 2. The van der Waals surface area contributed by atoms with E-state index in [1.807, 2.05) is 4.90 Å². The van der Waals surface area contributed by atoms with Crippen LogP contribution in [0.4, 0.5) is 10.3 Å². The number of piperazine rings is 1. The molecule has 3 heterocycles. The molecule has 156 valence electrons. The van der Waals surface area contributed by atoms with Crippen molar-refractivity contribution < 1.29 is 18.7 Å². The minimum absolute atomic E-state index is 0. The Labute approximate surface area is 179 Å². The summed E-state index contributed by atoms with van der Waals surface area (Å²) in [6.07, 6.45) is 3.41. The zero-order valence-electron chi connectivity index (χ0n) is 16.0. The van der Waals surface area contributed by atoms with Crippen LogP contribution in [-0.4, -0.2) is 53.3 Å². The number of rotatable bonds is 3. The number of halogens is 2. The van der Waals surface area contributed by atoms with Crippen molar-refractivity contribution in [3.8, 4) is 17.2 Å². The fraction of sp³-hybridized carbons (Fsp3) is 0.238. The van der Waals surface area contributed by atoms with Crippen molar-refractivity contribution in [1.82, 2.24) is 14.5 Å². The Morgan fingerprint density at radius 1 is 1.00 bits per heavy atom. The maximum Gasteiger partial charge on any atom is 0.254 e. The topological polar surface area (TPSA) is 59.8 Å². The second-order valence-corrected chi connectivity index (χ2v) is 6.90. The molecule has 9 heteroatoms. The predicted octanol–water partition coefficient (Wildman–Crippen LogP) is 3.12. The van der Waals surface area contributed by atoms with E-state index in [2.05, 4.69) is 9.88 Å². The smallest absolute Gasteiger partial charge is 0.254 e. The number of para-hydroxylation sites is 1. The lowest BCUT2D eigenvalue weighted by Gasteiger charge is -2.35. The average molecular weight is 431 g/mol. The van der Waals surface area contributed by atoms with Crippen LogP contribution < -0.4 is 14.4 Å². The Morgan fingerprint density at radius 3 is 2.57 bits per heavy atom. The Kier molecular flexibility index (Phi) is 5.50. The number of amides is 1. The Morgan fingerprint density at radius 2 is 1.77 bits per heavy atom. The van der Waals surface area contributed by atoms with Crippen LogP contribution in [0.2, 0.25) is 0 Å². The molecule has 30 heavy (non-hydrogen) atoms. The summed E-state index contributed by atoms with van der Waals surface area (Å²) >= 11 is 0. The molecule has 7 nitrogen and oxygen atoms in total. The molecule has 0 N–H and O–H groups in total. The normalized spacial score (nSPS) is 15.1. The standard InChI is InChI=1S/C21H19FN4O3.ClH/c22-16-3-1-2-4-17(16)26-8-7-23-21(26)25-11-9-24(10-12-25)20(27)15-5-6-18-19(13-15)29-14-28-18;/h1-8,13H,9-12,14H2;1H. The molecule has 1 saturated heterocycles.